The Balaban J connectivity index is 1.38. The molecule has 0 bridgehead atoms. The van der Waals surface area contributed by atoms with E-state index in [1.165, 1.54) is 77.2 Å². The molecule has 2 heteroatoms. The average molecular weight is 265 g/mol. The second-order valence-corrected chi connectivity index (χ2v) is 7.67. The molecule has 0 radical (unpaired) electrons. The molecule has 0 aromatic rings. The largest absolute Gasteiger partial charge is 0.370 e. The Morgan fingerprint density at radius 1 is 0.947 bits per heavy atom. The molecular weight excluding hydrogens is 234 g/mol. The molecule has 0 aromatic carbocycles. The molecule has 1 atom stereocenters. The smallest absolute Gasteiger partial charge is 0.0708 e. The van der Waals surface area contributed by atoms with Crippen LogP contribution in [0, 0.1) is 5.41 Å². The Bertz CT molecular complexity index is 290. The van der Waals surface area contributed by atoms with Gasteiger partial charge < -0.3 is 10.1 Å². The zero-order valence-corrected chi connectivity index (χ0v) is 12.7. The van der Waals surface area contributed by atoms with Gasteiger partial charge in [0.25, 0.3) is 0 Å². The van der Waals surface area contributed by atoms with E-state index in [4.69, 9.17) is 4.74 Å². The van der Waals surface area contributed by atoms with Gasteiger partial charge in [-0.2, -0.15) is 0 Å². The van der Waals surface area contributed by atoms with E-state index in [0.717, 1.165) is 6.54 Å². The fraction of sp³-hybridized carbons (Fsp3) is 1.00. The molecule has 3 rings (SSSR count). The summed E-state index contributed by atoms with van der Waals surface area (Å²) in [6.07, 6.45) is 15.6. The predicted octanol–water partition coefficient (Wildman–Crippen LogP) is 4.04. The van der Waals surface area contributed by atoms with Gasteiger partial charge in [0.1, 0.15) is 0 Å². The van der Waals surface area contributed by atoms with Gasteiger partial charge in [0.15, 0.2) is 0 Å². The summed E-state index contributed by atoms with van der Waals surface area (Å²) < 4.78 is 6.37. The van der Waals surface area contributed by atoms with Crippen molar-refractivity contribution in [3.8, 4) is 0 Å². The highest BCUT2D eigenvalue weighted by atomic mass is 16.5. The van der Waals surface area contributed by atoms with Crippen molar-refractivity contribution in [3.63, 3.8) is 0 Å². The Kier molecular flexibility index (Phi) is 4.19. The first kappa shape index (κ1) is 13.9. The van der Waals surface area contributed by atoms with Crippen LogP contribution in [0.1, 0.15) is 77.6 Å². The van der Waals surface area contributed by atoms with E-state index in [9.17, 15) is 0 Å². The summed E-state index contributed by atoms with van der Waals surface area (Å²) in [5, 5.41) is 3.72. The number of hydrogen-bond donors (Lipinski definition) is 1. The number of ether oxygens (including phenoxy) is 1. The molecule has 1 aliphatic heterocycles. The quantitative estimate of drug-likeness (QED) is 0.828. The zero-order chi connectivity index (χ0) is 13.2. The number of nitrogens with one attached hydrogen (secondary N) is 1. The summed E-state index contributed by atoms with van der Waals surface area (Å²) in [6, 6.07) is 0. The van der Waals surface area contributed by atoms with Crippen molar-refractivity contribution in [2.45, 2.75) is 89.3 Å². The van der Waals surface area contributed by atoms with Crippen molar-refractivity contribution < 1.29 is 4.74 Å². The van der Waals surface area contributed by atoms with Gasteiger partial charge in [-0.15, -0.1) is 0 Å². The lowest BCUT2D eigenvalue weighted by atomic mass is 9.76. The summed E-state index contributed by atoms with van der Waals surface area (Å²) in [7, 11) is 0. The summed E-state index contributed by atoms with van der Waals surface area (Å²) in [5.74, 6) is 0. The van der Waals surface area contributed by atoms with E-state index in [2.05, 4.69) is 12.2 Å². The van der Waals surface area contributed by atoms with E-state index in [0.29, 0.717) is 17.1 Å². The van der Waals surface area contributed by atoms with Crippen LogP contribution in [-0.4, -0.2) is 24.8 Å². The van der Waals surface area contributed by atoms with Gasteiger partial charge in [-0.05, 0) is 43.9 Å². The van der Waals surface area contributed by atoms with E-state index in [-0.39, 0.29) is 0 Å². The Labute approximate surface area is 118 Å². The highest BCUT2D eigenvalue weighted by Gasteiger charge is 2.42. The van der Waals surface area contributed by atoms with Crippen molar-refractivity contribution in [1.82, 2.24) is 5.32 Å². The monoisotopic (exact) mass is 265 g/mol. The third-order valence-electron chi connectivity index (χ3n) is 5.84. The first-order chi connectivity index (χ1) is 9.20. The second kappa shape index (κ2) is 5.73. The van der Waals surface area contributed by atoms with Crippen LogP contribution >= 0.6 is 0 Å². The van der Waals surface area contributed by atoms with Gasteiger partial charge in [0.05, 0.1) is 11.7 Å². The molecule has 3 aliphatic rings. The lowest BCUT2D eigenvalue weighted by molar-refractivity contribution is -0.0358. The molecule has 1 saturated heterocycles. The minimum absolute atomic E-state index is 0.307. The van der Waals surface area contributed by atoms with Crippen molar-refractivity contribution in [2.75, 3.05) is 13.1 Å². The normalized spacial score (nSPS) is 33.0. The Morgan fingerprint density at radius 3 is 2.37 bits per heavy atom. The van der Waals surface area contributed by atoms with Gasteiger partial charge in [0, 0.05) is 13.1 Å². The molecule has 2 saturated carbocycles. The van der Waals surface area contributed by atoms with Crippen LogP contribution in [0.2, 0.25) is 0 Å². The van der Waals surface area contributed by atoms with E-state index in [1.807, 2.05) is 0 Å². The summed E-state index contributed by atoms with van der Waals surface area (Å²) >= 11 is 0. The molecule has 1 heterocycles. The van der Waals surface area contributed by atoms with Gasteiger partial charge in [-0.1, -0.05) is 39.0 Å². The minimum atomic E-state index is 0.307. The third-order valence-corrected chi connectivity index (χ3v) is 5.84. The molecule has 1 unspecified atom stereocenters. The number of rotatable bonds is 4. The van der Waals surface area contributed by atoms with E-state index in [1.54, 1.807) is 0 Å². The van der Waals surface area contributed by atoms with Gasteiger partial charge in [-0.25, -0.2) is 0 Å². The highest BCUT2D eigenvalue weighted by molar-refractivity contribution is 4.93. The topological polar surface area (TPSA) is 21.3 Å². The molecule has 2 aliphatic carbocycles. The lowest BCUT2D eigenvalue weighted by Gasteiger charge is -2.34. The standard InChI is InChI=1S/C17H31NO/c1-16(8-3-2-4-9-16)14-18-13-15-7-12-17(19-15)10-5-6-11-17/h15,18H,2-14H2,1H3. The van der Waals surface area contributed by atoms with Gasteiger partial charge in [0.2, 0.25) is 0 Å². The fourth-order valence-corrected chi connectivity index (χ4v) is 4.54. The lowest BCUT2D eigenvalue weighted by Crippen LogP contribution is -2.38. The summed E-state index contributed by atoms with van der Waals surface area (Å²) in [4.78, 5) is 0. The minimum Gasteiger partial charge on any atom is -0.370 e. The average Bonchev–Trinajstić information content (AvgIpc) is 3.01. The van der Waals surface area contributed by atoms with Crippen LogP contribution in [-0.2, 0) is 4.74 Å². The van der Waals surface area contributed by atoms with Crippen molar-refractivity contribution in [2.24, 2.45) is 5.41 Å². The zero-order valence-electron chi connectivity index (χ0n) is 12.7. The summed E-state index contributed by atoms with van der Waals surface area (Å²) in [5.41, 5.74) is 0.864. The van der Waals surface area contributed by atoms with Gasteiger partial charge in [-0.3, -0.25) is 0 Å². The Morgan fingerprint density at radius 2 is 1.63 bits per heavy atom. The molecule has 3 fully saturated rings. The molecular formula is C17H31NO. The van der Waals surface area contributed by atoms with Crippen molar-refractivity contribution in [3.05, 3.63) is 0 Å². The number of hydrogen-bond acceptors (Lipinski definition) is 2. The third kappa shape index (κ3) is 3.33. The Hall–Kier alpha value is -0.0800. The van der Waals surface area contributed by atoms with Gasteiger partial charge >= 0.3 is 0 Å². The first-order valence-corrected chi connectivity index (χ1v) is 8.58. The van der Waals surface area contributed by atoms with E-state index >= 15 is 0 Å². The highest BCUT2D eigenvalue weighted by Crippen LogP contribution is 2.43. The first-order valence-electron chi connectivity index (χ1n) is 8.58. The summed E-state index contributed by atoms with van der Waals surface area (Å²) in [6.45, 7) is 4.74. The van der Waals surface area contributed by atoms with Crippen LogP contribution in [0.4, 0.5) is 0 Å². The molecule has 1 N–H and O–H groups in total. The molecule has 19 heavy (non-hydrogen) atoms. The maximum absolute atomic E-state index is 6.37. The fourth-order valence-electron chi connectivity index (χ4n) is 4.54. The van der Waals surface area contributed by atoms with Crippen LogP contribution < -0.4 is 5.32 Å². The predicted molar refractivity (Wildman–Crippen MR) is 79.4 cm³/mol. The molecule has 0 aromatic heterocycles. The molecule has 2 nitrogen and oxygen atoms in total. The SMILES string of the molecule is CC1(CNCC2CCC3(CCCC3)O2)CCCCC1. The van der Waals surface area contributed by atoms with E-state index < -0.39 is 0 Å². The molecule has 0 amide bonds. The van der Waals surface area contributed by atoms with Crippen molar-refractivity contribution >= 4 is 0 Å². The molecule has 1 spiro atoms. The van der Waals surface area contributed by atoms with Crippen LogP contribution in [0.5, 0.6) is 0 Å². The maximum atomic E-state index is 6.37. The van der Waals surface area contributed by atoms with Crippen molar-refractivity contribution in [1.29, 1.82) is 0 Å². The molecule has 110 valence electrons. The van der Waals surface area contributed by atoms with Crippen LogP contribution in [0.25, 0.3) is 0 Å². The second-order valence-electron chi connectivity index (χ2n) is 7.67. The maximum Gasteiger partial charge on any atom is 0.0708 e. The van der Waals surface area contributed by atoms with Crippen LogP contribution in [0.3, 0.4) is 0 Å². The van der Waals surface area contributed by atoms with Crippen LogP contribution in [0.15, 0.2) is 0 Å².